The van der Waals surface area contributed by atoms with Gasteiger partial charge in [-0.2, -0.15) is 0 Å². The SMILES string of the molecule is Cc1ccc(N2C[C@@H](C(=O)NCC(=O)N3CCCc4ccccc43)CC2=O)cc1. The molecule has 6 heteroatoms. The van der Waals surface area contributed by atoms with Gasteiger partial charge in [0.2, 0.25) is 17.7 Å². The van der Waals surface area contributed by atoms with Crippen LogP contribution < -0.4 is 15.1 Å². The number of carbonyl (C=O) groups is 3. The number of para-hydroxylation sites is 1. The third kappa shape index (κ3) is 4.01. The smallest absolute Gasteiger partial charge is 0.246 e. The minimum absolute atomic E-state index is 0.0532. The van der Waals surface area contributed by atoms with Crippen LogP contribution in [0.4, 0.5) is 11.4 Å². The van der Waals surface area contributed by atoms with Crippen LogP contribution in [0.2, 0.25) is 0 Å². The van der Waals surface area contributed by atoms with Gasteiger partial charge in [0, 0.05) is 30.9 Å². The van der Waals surface area contributed by atoms with Crippen LogP contribution >= 0.6 is 0 Å². The van der Waals surface area contributed by atoms with Crippen LogP contribution in [0, 0.1) is 12.8 Å². The fourth-order valence-electron chi connectivity index (χ4n) is 4.05. The first-order valence-corrected chi connectivity index (χ1v) is 10.1. The maximum atomic E-state index is 12.7. The van der Waals surface area contributed by atoms with E-state index in [2.05, 4.69) is 5.32 Å². The molecule has 2 aromatic rings. The molecule has 0 aliphatic carbocycles. The first-order valence-electron chi connectivity index (χ1n) is 10.1. The van der Waals surface area contributed by atoms with Crippen molar-refractivity contribution in [2.75, 3.05) is 29.4 Å². The third-order valence-electron chi connectivity index (χ3n) is 5.67. The molecule has 6 nitrogen and oxygen atoms in total. The van der Waals surface area contributed by atoms with Crippen molar-refractivity contribution in [2.24, 2.45) is 5.92 Å². The monoisotopic (exact) mass is 391 g/mol. The zero-order valence-electron chi connectivity index (χ0n) is 16.6. The average Bonchev–Trinajstić information content (AvgIpc) is 3.13. The average molecular weight is 391 g/mol. The van der Waals surface area contributed by atoms with Gasteiger partial charge in [-0.25, -0.2) is 0 Å². The summed E-state index contributed by atoms with van der Waals surface area (Å²) < 4.78 is 0. The van der Waals surface area contributed by atoms with Crippen molar-refractivity contribution >= 4 is 29.1 Å². The van der Waals surface area contributed by atoms with Crippen molar-refractivity contribution in [2.45, 2.75) is 26.2 Å². The van der Waals surface area contributed by atoms with Crippen molar-refractivity contribution in [1.82, 2.24) is 5.32 Å². The van der Waals surface area contributed by atoms with E-state index in [9.17, 15) is 14.4 Å². The fraction of sp³-hybridized carbons (Fsp3) is 0.348. The molecule has 1 atom stereocenters. The lowest BCUT2D eigenvalue weighted by Crippen LogP contribution is -2.44. The lowest BCUT2D eigenvalue weighted by atomic mass is 10.0. The summed E-state index contributed by atoms with van der Waals surface area (Å²) in [6.45, 7) is 2.94. The van der Waals surface area contributed by atoms with Gasteiger partial charge in [-0.1, -0.05) is 35.9 Å². The van der Waals surface area contributed by atoms with E-state index in [4.69, 9.17) is 0 Å². The van der Waals surface area contributed by atoms with Gasteiger partial charge in [0.1, 0.15) is 0 Å². The summed E-state index contributed by atoms with van der Waals surface area (Å²) in [4.78, 5) is 41.1. The first kappa shape index (κ1) is 19.2. The van der Waals surface area contributed by atoms with E-state index >= 15 is 0 Å². The van der Waals surface area contributed by atoms with E-state index in [1.165, 1.54) is 0 Å². The Labute approximate surface area is 170 Å². The molecule has 2 heterocycles. The maximum absolute atomic E-state index is 12.7. The number of nitrogens with one attached hydrogen (secondary N) is 1. The van der Waals surface area contributed by atoms with E-state index in [1.807, 2.05) is 55.5 Å². The van der Waals surface area contributed by atoms with Crippen LogP contribution in [0.3, 0.4) is 0 Å². The summed E-state index contributed by atoms with van der Waals surface area (Å²) in [6, 6.07) is 15.6. The first-order chi connectivity index (χ1) is 14.0. The number of nitrogens with zero attached hydrogens (tertiary/aromatic N) is 2. The van der Waals surface area contributed by atoms with Crippen molar-refractivity contribution in [1.29, 1.82) is 0 Å². The minimum Gasteiger partial charge on any atom is -0.347 e. The Morgan fingerprint density at radius 1 is 1.10 bits per heavy atom. The number of hydrogen-bond donors (Lipinski definition) is 1. The molecule has 4 rings (SSSR count). The second-order valence-electron chi connectivity index (χ2n) is 7.74. The van der Waals surface area contributed by atoms with Gasteiger partial charge < -0.3 is 15.1 Å². The maximum Gasteiger partial charge on any atom is 0.246 e. The summed E-state index contributed by atoms with van der Waals surface area (Å²) >= 11 is 0. The lowest BCUT2D eigenvalue weighted by Gasteiger charge is -2.29. The number of rotatable bonds is 4. The Morgan fingerprint density at radius 3 is 2.66 bits per heavy atom. The third-order valence-corrected chi connectivity index (χ3v) is 5.67. The molecule has 1 fully saturated rings. The Morgan fingerprint density at radius 2 is 1.86 bits per heavy atom. The Balaban J connectivity index is 1.35. The molecule has 0 saturated carbocycles. The molecule has 2 aromatic carbocycles. The highest BCUT2D eigenvalue weighted by Crippen LogP contribution is 2.27. The van der Waals surface area contributed by atoms with Crippen LogP contribution in [0.1, 0.15) is 24.0 Å². The lowest BCUT2D eigenvalue weighted by molar-refractivity contribution is -0.128. The highest BCUT2D eigenvalue weighted by Gasteiger charge is 2.35. The normalized spacial score (nSPS) is 18.5. The number of benzene rings is 2. The topological polar surface area (TPSA) is 69.7 Å². The number of fused-ring (bicyclic) bond motifs is 1. The molecule has 1 N–H and O–H groups in total. The van der Waals surface area contributed by atoms with Gasteiger partial charge >= 0.3 is 0 Å². The molecular weight excluding hydrogens is 366 g/mol. The van der Waals surface area contributed by atoms with Crippen molar-refractivity contribution in [3.05, 3.63) is 59.7 Å². The Kier molecular flexibility index (Phi) is 5.34. The van der Waals surface area contributed by atoms with Gasteiger partial charge in [0.15, 0.2) is 0 Å². The zero-order chi connectivity index (χ0) is 20.4. The summed E-state index contributed by atoms with van der Waals surface area (Å²) in [5, 5.41) is 2.75. The number of amides is 3. The molecule has 1 saturated heterocycles. The fourth-order valence-corrected chi connectivity index (χ4v) is 4.05. The molecule has 150 valence electrons. The molecule has 0 spiro atoms. The number of hydrogen-bond acceptors (Lipinski definition) is 3. The summed E-state index contributed by atoms with van der Waals surface area (Å²) in [6.07, 6.45) is 2.05. The molecule has 0 radical (unpaired) electrons. The number of carbonyl (C=O) groups excluding carboxylic acids is 3. The van der Waals surface area contributed by atoms with E-state index in [1.54, 1.807) is 9.80 Å². The van der Waals surface area contributed by atoms with Gasteiger partial charge in [-0.3, -0.25) is 14.4 Å². The van der Waals surface area contributed by atoms with Crippen LogP contribution in [-0.2, 0) is 20.8 Å². The largest absolute Gasteiger partial charge is 0.347 e. The quantitative estimate of drug-likeness (QED) is 0.870. The molecule has 29 heavy (non-hydrogen) atoms. The molecular formula is C23H25N3O3. The van der Waals surface area contributed by atoms with Crippen LogP contribution in [-0.4, -0.2) is 37.4 Å². The molecule has 0 aromatic heterocycles. The summed E-state index contributed by atoms with van der Waals surface area (Å²) in [5.74, 6) is -0.868. The van der Waals surface area contributed by atoms with E-state index in [0.29, 0.717) is 13.1 Å². The molecule has 2 aliphatic rings. The van der Waals surface area contributed by atoms with Crippen molar-refractivity contribution < 1.29 is 14.4 Å². The predicted molar refractivity (Wildman–Crippen MR) is 112 cm³/mol. The number of anilines is 2. The van der Waals surface area contributed by atoms with Gasteiger partial charge in [0.05, 0.1) is 12.5 Å². The van der Waals surface area contributed by atoms with Gasteiger partial charge in [0.25, 0.3) is 0 Å². The second-order valence-corrected chi connectivity index (χ2v) is 7.74. The summed E-state index contributed by atoms with van der Waals surface area (Å²) in [7, 11) is 0. The Bertz CT molecular complexity index is 939. The van der Waals surface area contributed by atoms with E-state index in [0.717, 1.165) is 35.3 Å². The highest BCUT2D eigenvalue weighted by molar-refractivity contribution is 6.02. The Hall–Kier alpha value is -3.15. The molecule has 2 aliphatic heterocycles. The molecule has 3 amide bonds. The van der Waals surface area contributed by atoms with E-state index < -0.39 is 5.92 Å². The molecule has 0 unspecified atom stereocenters. The predicted octanol–water partition coefficient (Wildman–Crippen LogP) is 2.44. The second kappa shape index (κ2) is 8.07. The van der Waals surface area contributed by atoms with Gasteiger partial charge in [-0.05, 0) is 43.5 Å². The zero-order valence-corrected chi connectivity index (χ0v) is 16.6. The molecule has 0 bridgehead atoms. The summed E-state index contributed by atoms with van der Waals surface area (Å²) in [5.41, 5.74) is 4.01. The van der Waals surface area contributed by atoms with Gasteiger partial charge in [-0.15, -0.1) is 0 Å². The van der Waals surface area contributed by atoms with Crippen LogP contribution in [0.15, 0.2) is 48.5 Å². The van der Waals surface area contributed by atoms with E-state index in [-0.39, 0.29) is 30.7 Å². The van der Waals surface area contributed by atoms with Crippen molar-refractivity contribution in [3.63, 3.8) is 0 Å². The standard InChI is InChI=1S/C23H25N3O3/c1-16-8-10-19(11-9-16)26-15-18(13-21(26)27)23(29)24-14-22(28)25-12-4-6-17-5-2-3-7-20(17)25/h2-3,5,7-11,18H,4,6,12-15H2,1H3,(H,24,29)/t18-/m0/s1. The van der Waals surface area contributed by atoms with Crippen LogP contribution in [0.5, 0.6) is 0 Å². The van der Waals surface area contributed by atoms with Crippen LogP contribution in [0.25, 0.3) is 0 Å². The number of aryl methyl sites for hydroxylation is 2. The highest BCUT2D eigenvalue weighted by atomic mass is 16.2. The van der Waals surface area contributed by atoms with Crippen molar-refractivity contribution in [3.8, 4) is 0 Å². The minimum atomic E-state index is -0.440.